The summed E-state index contributed by atoms with van der Waals surface area (Å²) in [6, 6.07) is 21.5. The lowest BCUT2D eigenvalue weighted by atomic mass is 10.1. The van der Waals surface area contributed by atoms with Crippen LogP contribution in [0.5, 0.6) is 0 Å². The molecule has 2 atom stereocenters. The van der Waals surface area contributed by atoms with Gasteiger partial charge in [-0.15, -0.1) is 0 Å². The van der Waals surface area contributed by atoms with Gasteiger partial charge in [0.05, 0.1) is 10.6 Å². The summed E-state index contributed by atoms with van der Waals surface area (Å²) in [5.74, 6) is -0.760. The van der Waals surface area contributed by atoms with Crippen LogP contribution in [0.25, 0.3) is 0 Å². The van der Waals surface area contributed by atoms with Crippen molar-refractivity contribution in [2.75, 3.05) is 17.4 Å². The number of rotatable bonds is 12. The van der Waals surface area contributed by atoms with Crippen LogP contribution in [0, 0.1) is 6.92 Å². The number of nitrogens with zero attached hydrogens (tertiary/aromatic N) is 2. The summed E-state index contributed by atoms with van der Waals surface area (Å²) in [6.07, 6.45) is 1.26. The number of hydrogen-bond donors (Lipinski definition) is 1. The first kappa shape index (κ1) is 30.2. The fourth-order valence-corrected chi connectivity index (χ4v) is 5.55. The van der Waals surface area contributed by atoms with Crippen LogP contribution in [0.1, 0.15) is 38.3 Å². The molecule has 0 fully saturated rings. The number of hydrogen-bond acceptors (Lipinski definition) is 4. The average Bonchev–Trinajstić information content (AvgIpc) is 2.93. The lowest BCUT2D eigenvalue weighted by molar-refractivity contribution is -0.139. The van der Waals surface area contributed by atoms with Gasteiger partial charge in [-0.3, -0.25) is 13.9 Å². The van der Waals surface area contributed by atoms with Gasteiger partial charge in [-0.1, -0.05) is 66.6 Å². The Labute approximate surface area is 236 Å². The minimum atomic E-state index is -4.12. The average molecular weight is 570 g/mol. The van der Waals surface area contributed by atoms with Crippen LogP contribution in [0.3, 0.4) is 0 Å². The van der Waals surface area contributed by atoms with Crippen molar-refractivity contribution in [1.82, 2.24) is 10.2 Å². The molecule has 0 radical (unpaired) electrons. The fourth-order valence-electron chi connectivity index (χ4n) is 4.01. The van der Waals surface area contributed by atoms with Gasteiger partial charge in [-0.05, 0) is 75.6 Å². The number of benzene rings is 3. The molecule has 0 spiro atoms. The van der Waals surface area contributed by atoms with Crippen LogP contribution in [0.4, 0.5) is 5.69 Å². The largest absolute Gasteiger partial charge is 0.352 e. The molecule has 1 N–H and O–H groups in total. The normalized spacial score (nSPS) is 12.8. The number of anilines is 1. The molecule has 0 aromatic heterocycles. The molecule has 0 saturated carbocycles. The van der Waals surface area contributed by atoms with E-state index in [0.717, 1.165) is 21.9 Å². The van der Waals surface area contributed by atoms with E-state index in [0.29, 0.717) is 17.1 Å². The second-order valence-corrected chi connectivity index (χ2v) is 11.9. The molecular formula is C30H36ClN3O4S. The maximum Gasteiger partial charge on any atom is 0.264 e. The zero-order valence-corrected chi connectivity index (χ0v) is 24.4. The summed E-state index contributed by atoms with van der Waals surface area (Å²) in [6.45, 7) is 7.22. The van der Waals surface area contributed by atoms with E-state index in [1.54, 1.807) is 31.2 Å². The molecule has 3 rings (SSSR count). The van der Waals surface area contributed by atoms with Crippen molar-refractivity contribution in [2.24, 2.45) is 0 Å². The van der Waals surface area contributed by atoms with Gasteiger partial charge >= 0.3 is 0 Å². The molecule has 3 aromatic carbocycles. The van der Waals surface area contributed by atoms with Crippen molar-refractivity contribution in [3.63, 3.8) is 0 Å². The first-order chi connectivity index (χ1) is 18.5. The summed E-state index contributed by atoms with van der Waals surface area (Å²) < 4.78 is 28.7. The van der Waals surface area contributed by atoms with Crippen LogP contribution < -0.4 is 9.62 Å². The van der Waals surface area contributed by atoms with Crippen molar-refractivity contribution in [3.05, 3.63) is 95.0 Å². The van der Waals surface area contributed by atoms with E-state index in [9.17, 15) is 18.0 Å². The van der Waals surface area contributed by atoms with Gasteiger partial charge in [0.2, 0.25) is 11.8 Å². The highest BCUT2D eigenvalue weighted by Gasteiger charge is 2.32. The highest BCUT2D eigenvalue weighted by atomic mass is 35.5. The molecule has 208 valence electrons. The quantitative estimate of drug-likeness (QED) is 0.324. The molecule has 0 bridgehead atoms. The van der Waals surface area contributed by atoms with E-state index in [-0.39, 0.29) is 23.4 Å². The molecule has 9 heteroatoms. The number of carbonyl (C=O) groups is 2. The van der Waals surface area contributed by atoms with Crippen LogP contribution in [0.2, 0.25) is 5.02 Å². The summed E-state index contributed by atoms with van der Waals surface area (Å²) in [4.78, 5) is 28.4. The third-order valence-electron chi connectivity index (χ3n) is 6.65. The fraction of sp³-hybridized carbons (Fsp3) is 0.333. The molecule has 7 nitrogen and oxygen atoms in total. The first-order valence-electron chi connectivity index (χ1n) is 13.0. The summed E-state index contributed by atoms with van der Waals surface area (Å²) in [5, 5.41) is 3.34. The van der Waals surface area contributed by atoms with E-state index in [2.05, 4.69) is 5.32 Å². The van der Waals surface area contributed by atoms with Gasteiger partial charge in [-0.25, -0.2) is 8.42 Å². The minimum absolute atomic E-state index is 0.0127. The monoisotopic (exact) mass is 569 g/mol. The highest BCUT2D eigenvalue weighted by Crippen LogP contribution is 2.25. The molecule has 0 aliphatic carbocycles. The minimum Gasteiger partial charge on any atom is -0.352 e. The van der Waals surface area contributed by atoms with Crippen molar-refractivity contribution in [1.29, 1.82) is 0 Å². The van der Waals surface area contributed by atoms with Gasteiger partial charge in [0.15, 0.2) is 0 Å². The summed E-state index contributed by atoms with van der Waals surface area (Å²) in [7, 11) is -4.12. The van der Waals surface area contributed by atoms with Crippen molar-refractivity contribution < 1.29 is 18.0 Å². The van der Waals surface area contributed by atoms with E-state index in [1.165, 1.54) is 29.2 Å². The van der Waals surface area contributed by atoms with Crippen molar-refractivity contribution in [3.8, 4) is 0 Å². The van der Waals surface area contributed by atoms with Crippen molar-refractivity contribution >= 4 is 39.1 Å². The summed E-state index contributed by atoms with van der Waals surface area (Å²) >= 11 is 5.99. The van der Waals surface area contributed by atoms with Crippen LogP contribution in [-0.4, -0.2) is 50.3 Å². The Morgan fingerprint density at radius 3 is 2.13 bits per heavy atom. The number of amides is 2. The van der Waals surface area contributed by atoms with Crippen LogP contribution in [0.15, 0.2) is 83.8 Å². The van der Waals surface area contributed by atoms with E-state index < -0.39 is 28.5 Å². The smallest absolute Gasteiger partial charge is 0.264 e. The zero-order valence-electron chi connectivity index (χ0n) is 22.8. The number of nitrogens with one attached hydrogen (secondary N) is 1. The standard InChI is InChI=1S/C30H36ClN3O4S/c1-5-23(3)32-30(36)24(4)33(20-19-25-9-7-6-8-10-25)29(35)21-34(27-15-11-22(2)12-16-27)39(37,38)28-17-13-26(31)14-18-28/h6-18,23-24H,5,19-21H2,1-4H3,(H,32,36)/t23-,24+/m1/s1. The van der Waals surface area contributed by atoms with E-state index >= 15 is 0 Å². The molecule has 0 heterocycles. The number of carbonyl (C=O) groups excluding carboxylic acids is 2. The predicted octanol–water partition coefficient (Wildman–Crippen LogP) is 5.22. The van der Waals surface area contributed by atoms with Gasteiger partial charge in [0.1, 0.15) is 12.6 Å². The molecule has 0 aliphatic heterocycles. The van der Waals surface area contributed by atoms with Gasteiger partial charge < -0.3 is 10.2 Å². The van der Waals surface area contributed by atoms with Crippen LogP contribution in [-0.2, 0) is 26.0 Å². The van der Waals surface area contributed by atoms with Crippen LogP contribution >= 0.6 is 11.6 Å². The Morgan fingerprint density at radius 2 is 1.54 bits per heavy atom. The molecule has 2 amide bonds. The number of aryl methyl sites for hydroxylation is 1. The number of sulfonamides is 1. The molecule has 39 heavy (non-hydrogen) atoms. The third-order valence-corrected chi connectivity index (χ3v) is 8.70. The maximum atomic E-state index is 13.9. The molecule has 3 aromatic rings. The van der Waals surface area contributed by atoms with E-state index in [1.807, 2.05) is 51.1 Å². The second-order valence-electron chi connectivity index (χ2n) is 9.62. The molecule has 0 unspecified atom stereocenters. The third kappa shape index (κ3) is 8.07. The first-order valence-corrected chi connectivity index (χ1v) is 14.8. The van der Waals surface area contributed by atoms with E-state index in [4.69, 9.17) is 11.6 Å². The van der Waals surface area contributed by atoms with Gasteiger partial charge in [-0.2, -0.15) is 0 Å². The topological polar surface area (TPSA) is 86.8 Å². The highest BCUT2D eigenvalue weighted by molar-refractivity contribution is 7.92. The SMILES string of the molecule is CC[C@@H](C)NC(=O)[C@H](C)N(CCc1ccccc1)C(=O)CN(c1ccc(C)cc1)S(=O)(=O)c1ccc(Cl)cc1. The summed E-state index contributed by atoms with van der Waals surface area (Å²) in [5.41, 5.74) is 2.31. The Kier molecular flexibility index (Phi) is 10.5. The maximum absolute atomic E-state index is 13.9. The molecule has 0 saturated heterocycles. The zero-order chi connectivity index (χ0) is 28.6. The second kappa shape index (κ2) is 13.6. The van der Waals surface area contributed by atoms with Gasteiger partial charge in [0, 0.05) is 17.6 Å². The Balaban J connectivity index is 1.96. The Hall–Kier alpha value is -3.36. The Morgan fingerprint density at radius 1 is 0.923 bits per heavy atom. The lowest BCUT2D eigenvalue weighted by Gasteiger charge is -2.32. The lowest BCUT2D eigenvalue weighted by Crippen LogP contribution is -2.53. The Bertz CT molecular complexity index is 1350. The molecule has 0 aliphatic rings. The molecular weight excluding hydrogens is 534 g/mol. The number of halogens is 1. The van der Waals surface area contributed by atoms with Gasteiger partial charge in [0.25, 0.3) is 10.0 Å². The predicted molar refractivity (Wildman–Crippen MR) is 156 cm³/mol. The van der Waals surface area contributed by atoms with Crippen molar-refractivity contribution in [2.45, 2.75) is 57.5 Å².